The van der Waals surface area contributed by atoms with E-state index in [1.54, 1.807) is 19.2 Å². The number of ether oxygens (including phenoxy) is 1. The van der Waals surface area contributed by atoms with Gasteiger partial charge in [0.05, 0.1) is 18.7 Å². The topological polar surface area (TPSA) is 78.9 Å². The number of hydrogen-bond acceptors (Lipinski definition) is 4. The third-order valence-electron chi connectivity index (χ3n) is 7.31. The Morgan fingerprint density at radius 1 is 0.974 bits per heavy atom. The van der Waals surface area contributed by atoms with E-state index in [0.29, 0.717) is 16.7 Å². The second-order valence-electron chi connectivity index (χ2n) is 9.85. The van der Waals surface area contributed by atoms with Gasteiger partial charge in [-0.3, -0.25) is 4.79 Å². The smallest absolute Gasteiger partial charge is 0.336 e. The largest absolute Gasteiger partial charge is 0.496 e. The van der Waals surface area contributed by atoms with E-state index < -0.39 is 5.97 Å². The number of carbonyl (C=O) groups excluding carboxylic acids is 1. The Balaban J connectivity index is 1.29. The van der Waals surface area contributed by atoms with Crippen molar-refractivity contribution >= 4 is 17.6 Å². The van der Waals surface area contributed by atoms with Gasteiger partial charge in [-0.05, 0) is 72.4 Å². The average Bonchev–Trinajstić information content (AvgIpc) is 2.97. The van der Waals surface area contributed by atoms with E-state index in [0.717, 1.165) is 54.1 Å². The number of rotatable bonds is 8. The molecule has 0 spiro atoms. The molecule has 198 valence electrons. The number of fused-ring (bicyclic) bond motifs is 1. The van der Waals surface area contributed by atoms with Crippen LogP contribution in [0.4, 0.5) is 5.69 Å². The molecule has 1 aliphatic rings. The molecule has 0 aromatic heterocycles. The van der Waals surface area contributed by atoms with Crippen molar-refractivity contribution in [3.63, 3.8) is 0 Å². The molecule has 1 aliphatic heterocycles. The lowest BCUT2D eigenvalue weighted by Crippen LogP contribution is -2.30. The standard InChI is InChI=1S/C33H32N2O4/c1-22(27-9-5-6-12-31(27)39-2)34-32(36)26-17-18-30-25(20-26)8-7-19-35(30)21-23-13-15-24(16-14-23)28-10-3-4-11-29(28)33(37)38/h3-6,9-18,20,22H,7-8,19,21H2,1-2H3,(H,34,36)(H,37,38). The summed E-state index contributed by atoms with van der Waals surface area (Å²) in [6.45, 7) is 3.64. The van der Waals surface area contributed by atoms with E-state index in [1.807, 2.05) is 67.6 Å². The molecule has 6 heteroatoms. The quantitative estimate of drug-likeness (QED) is 0.277. The Labute approximate surface area is 228 Å². The SMILES string of the molecule is COc1ccccc1C(C)NC(=O)c1ccc2c(c1)CCCN2Cc1ccc(-c2ccccc2C(=O)O)cc1. The predicted molar refractivity (Wildman–Crippen MR) is 154 cm³/mol. The number of nitrogens with zero attached hydrogens (tertiary/aromatic N) is 1. The molecule has 0 bridgehead atoms. The van der Waals surface area contributed by atoms with Crippen molar-refractivity contribution in [3.05, 3.63) is 119 Å². The zero-order valence-corrected chi connectivity index (χ0v) is 22.2. The molecule has 0 fully saturated rings. The maximum Gasteiger partial charge on any atom is 0.336 e. The minimum atomic E-state index is -0.929. The van der Waals surface area contributed by atoms with Crippen molar-refractivity contribution < 1.29 is 19.4 Å². The van der Waals surface area contributed by atoms with Gasteiger partial charge in [0.15, 0.2) is 0 Å². The van der Waals surface area contributed by atoms with Gasteiger partial charge in [-0.2, -0.15) is 0 Å². The van der Waals surface area contributed by atoms with E-state index in [-0.39, 0.29) is 11.9 Å². The number of aromatic carboxylic acids is 1. The van der Waals surface area contributed by atoms with Crippen LogP contribution in [0.1, 0.15) is 56.8 Å². The van der Waals surface area contributed by atoms with E-state index in [4.69, 9.17) is 4.74 Å². The lowest BCUT2D eigenvalue weighted by atomic mass is 9.97. The van der Waals surface area contributed by atoms with E-state index >= 15 is 0 Å². The molecule has 6 nitrogen and oxygen atoms in total. The molecular weight excluding hydrogens is 488 g/mol. The lowest BCUT2D eigenvalue weighted by Gasteiger charge is -2.32. The summed E-state index contributed by atoms with van der Waals surface area (Å²) >= 11 is 0. The minimum absolute atomic E-state index is 0.106. The molecule has 4 aromatic carbocycles. The number of aryl methyl sites for hydroxylation is 1. The summed E-state index contributed by atoms with van der Waals surface area (Å²) in [5.74, 6) is -0.280. The fourth-order valence-electron chi connectivity index (χ4n) is 5.29. The van der Waals surface area contributed by atoms with Crippen LogP contribution in [-0.4, -0.2) is 30.6 Å². The van der Waals surface area contributed by atoms with Crippen LogP contribution in [0.5, 0.6) is 5.75 Å². The Morgan fingerprint density at radius 2 is 1.72 bits per heavy atom. The van der Waals surface area contributed by atoms with Gasteiger partial charge in [-0.25, -0.2) is 4.79 Å². The van der Waals surface area contributed by atoms with Crippen LogP contribution < -0.4 is 15.0 Å². The van der Waals surface area contributed by atoms with Crippen molar-refractivity contribution in [2.45, 2.75) is 32.4 Å². The summed E-state index contributed by atoms with van der Waals surface area (Å²) in [6.07, 6.45) is 1.94. The fourth-order valence-corrected chi connectivity index (χ4v) is 5.29. The van der Waals surface area contributed by atoms with Gasteiger partial charge in [-0.15, -0.1) is 0 Å². The van der Waals surface area contributed by atoms with Gasteiger partial charge < -0.3 is 20.1 Å². The monoisotopic (exact) mass is 520 g/mol. The summed E-state index contributed by atoms with van der Waals surface area (Å²) in [4.78, 5) is 27.1. The Kier molecular flexibility index (Phi) is 7.64. The first-order chi connectivity index (χ1) is 18.9. The second kappa shape index (κ2) is 11.4. The first kappa shape index (κ1) is 26.0. The summed E-state index contributed by atoms with van der Waals surface area (Å²) < 4.78 is 5.45. The van der Waals surface area contributed by atoms with Crippen LogP contribution in [0, 0.1) is 0 Å². The molecular formula is C33H32N2O4. The van der Waals surface area contributed by atoms with Crippen LogP contribution in [0.25, 0.3) is 11.1 Å². The number of benzene rings is 4. The molecule has 0 aliphatic carbocycles. The molecule has 1 amide bonds. The van der Waals surface area contributed by atoms with Gasteiger partial charge in [0.2, 0.25) is 0 Å². The van der Waals surface area contributed by atoms with Crippen molar-refractivity contribution in [3.8, 4) is 16.9 Å². The normalized spacial score (nSPS) is 13.3. The molecule has 0 radical (unpaired) electrons. The highest BCUT2D eigenvalue weighted by atomic mass is 16.5. The zero-order chi connectivity index (χ0) is 27.4. The molecule has 39 heavy (non-hydrogen) atoms. The number of carboxylic acid groups (broad SMARTS) is 1. The first-order valence-electron chi connectivity index (χ1n) is 13.2. The summed E-state index contributed by atoms with van der Waals surface area (Å²) in [7, 11) is 1.63. The van der Waals surface area contributed by atoms with E-state index in [9.17, 15) is 14.7 Å². The molecule has 0 saturated carbocycles. The van der Waals surface area contributed by atoms with Crippen molar-refractivity contribution in [1.29, 1.82) is 0 Å². The minimum Gasteiger partial charge on any atom is -0.496 e. The Bertz CT molecular complexity index is 1500. The number of carbonyl (C=O) groups is 2. The average molecular weight is 521 g/mol. The molecule has 1 unspecified atom stereocenters. The highest BCUT2D eigenvalue weighted by Crippen LogP contribution is 2.31. The number of anilines is 1. The van der Waals surface area contributed by atoms with Crippen LogP contribution in [0.2, 0.25) is 0 Å². The van der Waals surface area contributed by atoms with Gasteiger partial charge in [0, 0.05) is 29.9 Å². The van der Waals surface area contributed by atoms with Gasteiger partial charge in [-0.1, -0.05) is 60.7 Å². The summed E-state index contributed by atoms with van der Waals surface area (Å²) in [5.41, 5.74) is 6.95. The van der Waals surface area contributed by atoms with Gasteiger partial charge in [0.1, 0.15) is 5.75 Å². The number of nitrogens with one attached hydrogen (secondary N) is 1. The number of methoxy groups -OCH3 is 1. The number of amides is 1. The van der Waals surface area contributed by atoms with Crippen molar-refractivity contribution in [2.75, 3.05) is 18.6 Å². The number of hydrogen-bond donors (Lipinski definition) is 2. The number of carboxylic acids is 1. The zero-order valence-electron chi connectivity index (χ0n) is 22.2. The maximum absolute atomic E-state index is 13.1. The van der Waals surface area contributed by atoms with Crippen LogP contribution in [-0.2, 0) is 13.0 Å². The Hall–Kier alpha value is -4.58. The fraction of sp³-hybridized carbons (Fsp3) is 0.212. The van der Waals surface area contributed by atoms with Crippen molar-refractivity contribution in [2.24, 2.45) is 0 Å². The Morgan fingerprint density at radius 3 is 2.49 bits per heavy atom. The third kappa shape index (κ3) is 5.65. The van der Waals surface area contributed by atoms with Crippen LogP contribution in [0.3, 0.4) is 0 Å². The van der Waals surface area contributed by atoms with Crippen LogP contribution >= 0.6 is 0 Å². The molecule has 0 saturated heterocycles. The summed E-state index contributed by atoms with van der Waals surface area (Å²) in [5, 5.41) is 12.6. The molecule has 4 aromatic rings. The summed E-state index contributed by atoms with van der Waals surface area (Å²) in [6, 6.07) is 28.6. The van der Waals surface area contributed by atoms with Gasteiger partial charge >= 0.3 is 5.97 Å². The number of para-hydroxylation sites is 1. The van der Waals surface area contributed by atoms with E-state index in [2.05, 4.69) is 28.4 Å². The van der Waals surface area contributed by atoms with Gasteiger partial charge in [0.25, 0.3) is 5.91 Å². The highest BCUT2D eigenvalue weighted by molar-refractivity contribution is 5.96. The third-order valence-corrected chi connectivity index (χ3v) is 7.31. The highest BCUT2D eigenvalue weighted by Gasteiger charge is 2.21. The molecule has 1 atom stereocenters. The molecule has 5 rings (SSSR count). The molecule has 1 heterocycles. The predicted octanol–water partition coefficient (Wildman–Crippen LogP) is 6.50. The maximum atomic E-state index is 13.1. The second-order valence-corrected chi connectivity index (χ2v) is 9.85. The lowest BCUT2D eigenvalue weighted by molar-refractivity contribution is 0.0697. The van der Waals surface area contributed by atoms with Crippen molar-refractivity contribution in [1.82, 2.24) is 5.32 Å². The molecule has 2 N–H and O–H groups in total. The van der Waals surface area contributed by atoms with E-state index in [1.165, 1.54) is 5.56 Å². The van der Waals surface area contributed by atoms with Crippen LogP contribution in [0.15, 0.2) is 91.0 Å². The first-order valence-corrected chi connectivity index (χ1v) is 13.2.